The predicted molar refractivity (Wildman–Crippen MR) is 79.5 cm³/mol. The molecule has 19 heavy (non-hydrogen) atoms. The summed E-state index contributed by atoms with van der Waals surface area (Å²) in [6.07, 6.45) is 5.95. The molecule has 102 valence electrons. The van der Waals surface area contributed by atoms with Crippen molar-refractivity contribution in [2.75, 3.05) is 31.5 Å². The molecular weight excluding hydrogens is 306 g/mol. The number of fused-ring (bicyclic) bond motifs is 1. The van der Waals surface area contributed by atoms with Crippen molar-refractivity contribution >= 4 is 27.5 Å². The third kappa shape index (κ3) is 3.06. The van der Waals surface area contributed by atoms with Crippen LogP contribution in [0.25, 0.3) is 5.65 Å². The molecule has 2 aromatic rings. The van der Waals surface area contributed by atoms with Crippen LogP contribution in [0.4, 0.5) is 5.95 Å². The smallest absolute Gasteiger partial charge is 0.243 e. The minimum absolute atomic E-state index is 0.698. The van der Waals surface area contributed by atoms with Crippen LogP contribution in [0, 0.1) is 0 Å². The number of nitrogens with zero attached hydrogens (tertiary/aromatic N) is 4. The Morgan fingerprint density at radius 1 is 1.26 bits per heavy atom. The van der Waals surface area contributed by atoms with E-state index in [9.17, 15) is 0 Å². The van der Waals surface area contributed by atoms with Crippen LogP contribution < -0.4 is 5.32 Å². The molecule has 1 saturated heterocycles. The number of anilines is 1. The third-order valence-electron chi connectivity index (χ3n) is 3.47. The molecule has 0 unspecified atom stereocenters. The van der Waals surface area contributed by atoms with Crippen LogP contribution in [-0.2, 0) is 0 Å². The van der Waals surface area contributed by atoms with Gasteiger partial charge < -0.3 is 10.2 Å². The van der Waals surface area contributed by atoms with Crippen LogP contribution in [-0.4, -0.2) is 45.7 Å². The maximum Gasteiger partial charge on any atom is 0.243 e. The summed E-state index contributed by atoms with van der Waals surface area (Å²) in [6, 6.07) is 3.92. The lowest BCUT2D eigenvalue weighted by atomic mass is 10.1. The largest absolute Gasteiger partial charge is 0.352 e. The van der Waals surface area contributed by atoms with Gasteiger partial charge in [0.1, 0.15) is 0 Å². The van der Waals surface area contributed by atoms with Gasteiger partial charge >= 0.3 is 0 Å². The number of piperidine rings is 1. The Bertz CT molecular complexity index is 547. The number of hydrogen-bond donors (Lipinski definition) is 1. The maximum atomic E-state index is 4.47. The molecule has 6 heteroatoms. The zero-order valence-corrected chi connectivity index (χ0v) is 12.4. The second-order valence-electron chi connectivity index (χ2n) is 4.89. The molecule has 1 aliphatic heterocycles. The van der Waals surface area contributed by atoms with E-state index in [0.717, 1.165) is 23.2 Å². The van der Waals surface area contributed by atoms with Gasteiger partial charge in [0.15, 0.2) is 5.65 Å². The van der Waals surface area contributed by atoms with E-state index in [-0.39, 0.29) is 0 Å². The van der Waals surface area contributed by atoms with E-state index in [1.54, 1.807) is 4.52 Å². The minimum atomic E-state index is 0.698. The molecule has 0 aliphatic carbocycles. The van der Waals surface area contributed by atoms with E-state index in [4.69, 9.17) is 0 Å². The van der Waals surface area contributed by atoms with Gasteiger partial charge in [-0.25, -0.2) is 4.52 Å². The standard InChI is InChI=1S/C13H18BrN5/c14-11-5-4-9-19-12(11)16-13(17-19)15-6-10-18-7-2-1-3-8-18/h4-5,9H,1-3,6-8,10H2,(H,15,17). The highest BCUT2D eigenvalue weighted by Crippen LogP contribution is 2.16. The Morgan fingerprint density at radius 3 is 2.89 bits per heavy atom. The second-order valence-corrected chi connectivity index (χ2v) is 5.74. The molecule has 0 amide bonds. The Balaban J connectivity index is 1.57. The summed E-state index contributed by atoms with van der Waals surface area (Å²) >= 11 is 3.48. The lowest BCUT2D eigenvalue weighted by Gasteiger charge is -2.26. The summed E-state index contributed by atoms with van der Waals surface area (Å²) in [5.74, 6) is 0.698. The molecule has 1 fully saturated rings. The number of likely N-dealkylation sites (tertiary alicyclic amines) is 1. The van der Waals surface area contributed by atoms with E-state index < -0.39 is 0 Å². The van der Waals surface area contributed by atoms with E-state index in [1.165, 1.54) is 32.4 Å². The van der Waals surface area contributed by atoms with Gasteiger partial charge in [0.25, 0.3) is 0 Å². The second kappa shape index (κ2) is 5.88. The van der Waals surface area contributed by atoms with Crippen LogP contribution in [0.5, 0.6) is 0 Å². The first-order valence-electron chi connectivity index (χ1n) is 6.80. The average Bonchev–Trinajstić information content (AvgIpc) is 2.84. The molecule has 0 bridgehead atoms. The van der Waals surface area contributed by atoms with Crippen molar-refractivity contribution in [2.24, 2.45) is 0 Å². The van der Waals surface area contributed by atoms with Gasteiger partial charge in [0.2, 0.25) is 5.95 Å². The lowest BCUT2D eigenvalue weighted by molar-refractivity contribution is 0.237. The first kappa shape index (κ1) is 12.9. The molecule has 0 spiro atoms. The Kier molecular flexibility index (Phi) is 3.98. The molecular formula is C13H18BrN5. The van der Waals surface area contributed by atoms with E-state index in [1.807, 2.05) is 18.3 Å². The topological polar surface area (TPSA) is 45.5 Å². The van der Waals surface area contributed by atoms with Gasteiger partial charge in [-0.3, -0.25) is 0 Å². The SMILES string of the molecule is Brc1cccn2nc(NCCN3CCCCC3)nc12. The molecule has 0 saturated carbocycles. The fourth-order valence-corrected chi connectivity index (χ4v) is 2.88. The van der Waals surface area contributed by atoms with Crippen molar-refractivity contribution < 1.29 is 0 Å². The molecule has 1 aliphatic rings. The van der Waals surface area contributed by atoms with E-state index in [2.05, 4.69) is 36.2 Å². The summed E-state index contributed by atoms with van der Waals surface area (Å²) in [6.45, 7) is 4.42. The summed E-state index contributed by atoms with van der Waals surface area (Å²) in [5, 5.41) is 7.71. The third-order valence-corrected chi connectivity index (χ3v) is 4.09. The summed E-state index contributed by atoms with van der Waals surface area (Å²) in [7, 11) is 0. The van der Waals surface area contributed by atoms with E-state index >= 15 is 0 Å². The van der Waals surface area contributed by atoms with Crippen molar-refractivity contribution in [1.82, 2.24) is 19.5 Å². The molecule has 0 atom stereocenters. The number of rotatable bonds is 4. The van der Waals surface area contributed by atoms with Gasteiger partial charge in [0, 0.05) is 19.3 Å². The summed E-state index contributed by atoms with van der Waals surface area (Å²) in [4.78, 5) is 6.97. The number of halogens is 1. The van der Waals surface area contributed by atoms with Crippen molar-refractivity contribution in [2.45, 2.75) is 19.3 Å². The molecule has 0 aromatic carbocycles. The van der Waals surface area contributed by atoms with Gasteiger partial charge in [-0.2, -0.15) is 4.98 Å². The molecule has 3 rings (SSSR count). The quantitative estimate of drug-likeness (QED) is 0.938. The van der Waals surface area contributed by atoms with Gasteiger partial charge in [-0.1, -0.05) is 6.42 Å². The van der Waals surface area contributed by atoms with Crippen molar-refractivity contribution in [3.05, 3.63) is 22.8 Å². The van der Waals surface area contributed by atoms with Gasteiger partial charge in [-0.15, -0.1) is 5.10 Å². The lowest BCUT2D eigenvalue weighted by Crippen LogP contribution is -2.33. The zero-order chi connectivity index (χ0) is 13.1. The van der Waals surface area contributed by atoms with Crippen molar-refractivity contribution in [3.8, 4) is 0 Å². The zero-order valence-electron chi connectivity index (χ0n) is 10.8. The minimum Gasteiger partial charge on any atom is -0.352 e. The number of hydrogen-bond acceptors (Lipinski definition) is 4. The van der Waals surface area contributed by atoms with Crippen LogP contribution in [0.15, 0.2) is 22.8 Å². The van der Waals surface area contributed by atoms with Crippen molar-refractivity contribution in [3.63, 3.8) is 0 Å². The number of pyridine rings is 1. The Morgan fingerprint density at radius 2 is 2.11 bits per heavy atom. The first-order chi connectivity index (χ1) is 9.33. The molecule has 0 radical (unpaired) electrons. The highest BCUT2D eigenvalue weighted by molar-refractivity contribution is 9.10. The summed E-state index contributed by atoms with van der Waals surface area (Å²) < 4.78 is 2.75. The fraction of sp³-hybridized carbons (Fsp3) is 0.538. The average molecular weight is 324 g/mol. The molecule has 2 aromatic heterocycles. The van der Waals surface area contributed by atoms with Crippen molar-refractivity contribution in [1.29, 1.82) is 0 Å². The predicted octanol–water partition coefficient (Wildman–Crippen LogP) is 2.39. The normalized spacial score (nSPS) is 16.9. The molecule has 3 heterocycles. The van der Waals surface area contributed by atoms with Crippen LogP contribution in [0.2, 0.25) is 0 Å². The monoisotopic (exact) mass is 323 g/mol. The van der Waals surface area contributed by atoms with Crippen LogP contribution in [0.1, 0.15) is 19.3 Å². The fourth-order valence-electron chi connectivity index (χ4n) is 2.46. The van der Waals surface area contributed by atoms with Crippen LogP contribution in [0.3, 0.4) is 0 Å². The Hall–Kier alpha value is -1.14. The highest BCUT2D eigenvalue weighted by Gasteiger charge is 2.10. The van der Waals surface area contributed by atoms with Crippen LogP contribution >= 0.6 is 15.9 Å². The van der Waals surface area contributed by atoms with Gasteiger partial charge in [-0.05, 0) is 54.0 Å². The van der Waals surface area contributed by atoms with Gasteiger partial charge in [0.05, 0.1) is 4.47 Å². The maximum absolute atomic E-state index is 4.47. The summed E-state index contributed by atoms with van der Waals surface area (Å²) in [5.41, 5.74) is 0.850. The number of aromatic nitrogens is 3. The Labute approximate surface area is 121 Å². The number of nitrogens with one attached hydrogen (secondary N) is 1. The van der Waals surface area contributed by atoms with E-state index in [0.29, 0.717) is 5.95 Å². The molecule has 5 nitrogen and oxygen atoms in total. The first-order valence-corrected chi connectivity index (χ1v) is 7.59. The highest BCUT2D eigenvalue weighted by atomic mass is 79.9. The molecule has 1 N–H and O–H groups in total.